The van der Waals surface area contributed by atoms with Crippen LogP contribution in [0.1, 0.15) is 90.9 Å². The van der Waals surface area contributed by atoms with Crippen LogP contribution in [-0.2, 0) is 28.6 Å². The molecular formula is C41H63NO7. The number of quaternary nitrogens is 1. The summed E-state index contributed by atoms with van der Waals surface area (Å²) >= 11 is 0. The first-order valence-electron chi connectivity index (χ1n) is 17.8. The van der Waals surface area contributed by atoms with Crippen LogP contribution < -0.4 is 5.11 Å². The van der Waals surface area contributed by atoms with Gasteiger partial charge >= 0.3 is 11.9 Å². The average Bonchev–Trinajstić information content (AvgIpc) is 3.05. The highest BCUT2D eigenvalue weighted by atomic mass is 16.6. The molecule has 49 heavy (non-hydrogen) atoms. The smallest absolute Gasteiger partial charge is 0.306 e. The largest absolute Gasteiger partial charge is 0.544 e. The summed E-state index contributed by atoms with van der Waals surface area (Å²) in [5.41, 5.74) is 0. The van der Waals surface area contributed by atoms with Crippen LogP contribution in [0.2, 0.25) is 0 Å². The molecule has 0 heterocycles. The Morgan fingerprint density at radius 2 is 1.18 bits per heavy atom. The van der Waals surface area contributed by atoms with Gasteiger partial charge in [-0.05, 0) is 57.8 Å². The van der Waals surface area contributed by atoms with Crippen LogP contribution >= 0.6 is 0 Å². The summed E-state index contributed by atoms with van der Waals surface area (Å²) in [5, 5.41) is 11.6. The summed E-state index contributed by atoms with van der Waals surface area (Å²) in [5.74, 6) is -1.91. The van der Waals surface area contributed by atoms with Crippen molar-refractivity contribution >= 4 is 17.9 Å². The third-order valence-electron chi connectivity index (χ3n) is 7.09. The van der Waals surface area contributed by atoms with Crippen LogP contribution in [0.5, 0.6) is 0 Å². The quantitative estimate of drug-likeness (QED) is 0.0266. The number of nitrogens with zero attached hydrogens (tertiary/aromatic N) is 1. The molecule has 0 fully saturated rings. The van der Waals surface area contributed by atoms with Crippen LogP contribution in [0.15, 0.2) is 97.2 Å². The number of hydrogen-bond donors (Lipinski definition) is 0. The molecule has 0 aromatic rings. The minimum Gasteiger partial charge on any atom is -0.544 e. The number of rotatable bonds is 29. The average molecular weight is 682 g/mol. The minimum absolute atomic E-state index is 0.00479. The fourth-order valence-electron chi connectivity index (χ4n) is 4.35. The van der Waals surface area contributed by atoms with Crippen LogP contribution in [0.3, 0.4) is 0 Å². The van der Waals surface area contributed by atoms with Gasteiger partial charge in [0.1, 0.15) is 12.6 Å². The van der Waals surface area contributed by atoms with Gasteiger partial charge in [-0.15, -0.1) is 0 Å². The van der Waals surface area contributed by atoms with Crippen molar-refractivity contribution in [1.29, 1.82) is 0 Å². The zero-order chi connectivity index (χ0) is 36.4. The molecule has 0 rings (SSSR count). The van der Waals surface area contributed by atoms with E-state index in [1.807, 2.05) is 54.7 Å². The maximum atomic E-state index is 12.6. The number of carboxylic acids is 1. The van der Waals surface area contributed by atoms with E-state index in [0.29, 0.717) is 12.8 Å². The maximum absolute atomic E-state index is 12.6. The molecule has 0 saturated heterocycles. The van der Waals surface area contributed by atoms with Crippen LogP contribution in [0.25, 0.3) is 0 Å². The van der Waals surface area contributed by atoms with Gasteiger partial charge in [0.2, 0.25) is 0 Å². The molecule has 2 unspecified atom stereocenters. The first kappa shape index (κ1) is 45.2. The number of ether oxygens (including phenoxy) is 3. The Bertz CT molecular complexity index is 1120. The molecule has 0 aliphatic carbocycles. The first-order chi connectivity index (χ1) is 23.6. The minimum atomic E-state index is -1.15. The number of carbonyl (C=O) groups excluding carboxylic acids is 3. The molecule has 0 aromatic heterocycles. The lowest BCUT2D eigenvalue weighted by molar-refractivity contribution is -0.889. The number of aliphatic carboxylic acids is 1. The summed E-state index contributed by atoms with van der Waals surface area (Å²) in [6.07, 6.45) is 40.3. The molecule has 0 bridgehead atoms. The van der Waals surface area contributed by atoms with Crippen molar-refractivity contribution in [3.05, 3.63) is 97.2 Å². The zero-order valence-corrected chi connectivity index (χ0v) is 30.8. The van der Waals surface area contributed by atoms with Gasteiger partial charge in [0.25, 0.3) is 0 Å². The predicted octanol–water partition coefficient (Wildman–Crippen LogP) is 7.45. The van der Waals surface area contributed by atoms with E-state index in [9.17, 15) is 19.5 Å². The van der Waals surface area contributed by atoms with Crippen molar-refractivity contribution in [2.75, 3.05) is 41.0 Å². The molecular weight excluding hydrogens is 618 g/mol. The Labute approximate surface area is 296 Å². The molecule has 0 saturated carbocycles. The molecule has 8 nitrogen and oxygen atoms in total. The van der Waals surface area contributed by atoms with E-state index in [4.69, 9.17) is 14.2 Å². The van der Waals surface area contributed by atoms with Crippen molar-refractivity contribution in [3.8, 4) is 0 Å². The van der Waals surface area contributed by atoms with Crippen molar-refractivity contribution in [1.82, 2.24) is 0 Å². The normalized spacial score (nSPS) is 14.2. The SMILES string of the molecule is CC/C=C/C=C/C=C/C=C/C=C/CCCC(=O)OCC(COCCC(C(=O)[O-])[N+](C)(C)C)OC(=O)CCCC/C=C/C/C=C/C/C=C/CC. The Kier molecular flexibility index (Phi) is 29.1. The summed E-state index contributed by atoms with van der Waals surface area (Å²) in [4.78, 5) is 36.5. The van der Waals surface area contributed by atoms with Crippen molar-refractivity contribution in [2.45, 2.75) is 103 Å². The van der Waals surface area contributed by atoms with Crippen LogP contribution in [-0.4, -0.2) is 75.5 Å². The second-order valence-corrected chi connectivity index (χ2v) is 12.5. The Hall–Kier alpha value is -3.75. The highest BCUT2D eigenvalue weighted by molar-refractivity contribution is 5.70. The number of carbonyl (C=O) groups is 3. The van der Waals surface area contributed by atoms with E-state index in [1.54, 1.807) is 21.1 Å². The van der Waals surface area contributed by atoms with Gasteiger partial charge in [-0.2, -0.15) is 0 Å². The monoisotopic (exact) mass is 681 g/mol. The van der Waals surface area contributed by atoms with E-state index in [-0.39, 0.29) is 55.5 Å². The number of unbranched alkanes of at least 4 members (excludes halogenated alkanes) is 3. The van der Waals surface area contributed by atoms with E-state index in [1.165, 1.54) is 0 Å². The molecule has 0 aromatic carbocycles. The molecule has 0 aliphatic rings. The van der Waals surface area contributed by atoms with Crippen LogP contribution in [0.4, 0.5) is 0 Å². The van der Waals surface area contributed by atoms with Crippen molar-refractivity contribution in [3.63, 3.8) is 0 Å². The van der Waals surface area contributed by atoms with Gasteiger partial charge in [0, 0.05) is 19.3 Å². The number of likely N-dealkylation sites (N-methyl/N-ethyl adjacent to an activating group) is 1. The molecule has 0 radical (unpaired) electrons. The van der Waals surface area contributed by atoms with E-state index >= 15 is 0 Å². The molecule has 0 spiro atoms. The summed E-state index contributed by atoms with van der Waals surface area (Å²) in [7, 11) is 5.34. The first-order valence-corrected chi connectivity index (χ1v) is 17.8. The van der Waals surface area contributed by atoms with Crippen LogP contribution in [0, 0.1) is 0 Å². The lowest BCUT2D eigenvalue weighted by Crippen LogP contribution is -2.55. The van der Waals surface area contributed by atoms with Crippen molar-refractivity contribution in [2.24, 2.45) is 0 Å². The molecule has 0 aliphatic heterocycles. The van der Waals surface area contributed by atoms with Gasteiger partial charge in [-0.25, -0.2) is 0 Å². The zero-order valence-electron chi connectivity index (χ0n) is 30.8. The standard InChI is InChI=1S/C41H63NO7/c1-6-8-10-12-14-16-18-20-22-23-25-27-29-31-39(43)48-36-37(35-47-34-33-38(41(45)46)42(3,4)5)49-40(44)32-30-28-26-24-21-19-17-15-13-11-9-7-2/h8-12,14-18,20-25,37-38H,6-7,13,19,26-36H2,1-5H3/b10-8+,11-9+,14-12+,17-15+,18-16+,22-20+,24-21+,25-23+. The number of carboxylic acid groups (broad SMARTS) is 1. The number of esters is 2. The summed E-state index contributed by atoms with van der Waals surface area (Å²) < 4.78 is 16.9. The molecule has 0 amide bonds. The van der Waals surface area contributed by atoms with Gasteiger partial charge in [0.05, 0.1) is 40.3 Å². The lowest BCUT2D eigenvalue weighted by atomic mass is 10.1. The van der Waals surface area contributed by atoms with E-state index in [0.717, 1.165) is 44.9 Å². The van der Waals surface area contributed by atoms with E-state index < -0.39 is 18.1 Å². The van der Waals surface area contributed by atoms with Crippen molar-refractivity contribution < 1.29 is 38.2 Å². The molecule has 274 valence electrons. The molecule has 8 heteroatoms. The number of allylic oxidation sites excluding steroid dienone is 16. The Morgan fingerprint density at radius 3 is 1.80 bits per heavy atom. The summed E-state index contributed by atoms with van der Waals surface area (Å²) in [6.45, 7) is 4.22. The highest BCUT2D eigenvalue weighted by Crippen LogP contribution is 2.10. The highest BCUT2D eigenvalue weighted by Gasteiger charge is 2.25. The maximum Gasteiger partial charge on any atom is 0.306 e. The van der Waals surface area contributed by atoms with Gasteiger partial charge < -0.3 is 28.6 Å². The third kappa shape index (κ3) is 30.1. The summed E-state index contributed by atoms with van der Waals surface area (Å²) in [6, 6.07) is -0.747. The molecule has 0 N–H and O–H groups in total. The molecule has 2 atom stereocenters. The Balaban J connectivity index is 4.68. The van der Waals surface area contributed by atoms with Gasteiger partial charge in [-0.3, -0.25) is 9.59 Å². The predicted molar refractivity (Wildman–Crippen MR) is 198 cm³/mol. The topological polar surface area (TPSA) is 102 Å². The fraction of sp³-hybridized carbons (Fsp3) is 0.537. The van der Waals surface area contributed by atoms with Gasteiger partial charge in [0.15, 0.2) is 6.10 Å². The van der Waals surface area contributed by atoms with Gasteiger partial charge in [-0.1, -0.05) is 111 Å². The van der Waals surface area contributed by atoms with E-state index in [2.05, 4.69) is 56.4 Å². The number of hydrogen-bond acceptors (Lipinski definition) is 7. The lowest BCUT2D eigenvalue weighted by Gasteiger charge is -2.34. The Morgan fingerprint density at radius 1 is 0.633 bits per heavy atom. The second kappa shape index (κ2) is 31.5. The third-order valence-corrected chi connectivity index (χ3v) is 7.09. The second-order valence-electron chi connectivity index (χ2n) is 12.5. The fourth-order valence-corrected chi connectivity index (χ4v) is 4.35.